The summed E-state index contributed by atoms with van der Waals surface area (Å²) in [4.78, 5) is 4.46. The number of hydrogen-bond donors (Lipinski definition) is 1. The molecule has 0 amide bonds. The molecule has 3 heteroatoms. The summed E-state index contributed by atoms with van der Waals surface area (Å²) in [6.07, 6.45) is 10.0. The monoisotopic (exact) mass is 260 g/mol. The molecular weight excluding hydrogens is 236 g/mol. The van der Waals surface area contributed by atoms with Crippen LogP contribution in [0.25, 0.3) is 0 Å². The number of rotatable bonds is 3. The predicted octanol–water partition coefficient (Wildman–Crippen LogP) is 3.25. The zero-order valence-corrected chi connectivity index (χ0v) is 12.0. The van der Waals surface area contributed by atoms with E-state index < -0.39 is 0 Å². The van der Waals surface area contributed by atoms with Gasteiger partial charge in [0.15, 0.2) is 6.39 Å². The van der Waals surface area contributed by atoms with Gasteiger partial charge in [0, 0.05) is 12.0 Å². The number of aromatic nitrogens is 1. The quantitative estimate of drug-likeness (QED) is 0.906. The molecule has 5 rings (SSSR count). The minimum atomic E-state index is 0.307. The SMILES string of the molecule is CNCc1ncoc1C12CC3CC(CC(C)(C3)C1)C2. The van der Waals surface area contributed by atoms with Gasteiger partial charge in [0.2, 0.25) is 0 Å². The Morgan fingerprint density at radius 1 is 1.32 bits per heavy atom. The smallest absolute Gasteiger partial charge is 0.181 e. The molecule has 3 nitrogen and oxygen atoms in total. The van der Waals surface area contributed by atoms with Crippen LogP contribution in [0.5, 0.6) is 0 Å². The molecule has 1 aromatic rings. The molecule has 1 aromatic heterocycles. The van der Waals surface area contributed by atoms with Gasteiger partial charge >= 0.3 is 0 Å². The summed E-state index contributed by atoms with van der Waals surface area (Å²) in [5.74, 6) is 3.07. The first-order valence-electron chi connectivity index (χ1n) is 7.70. The van der Waals surface area contributed by atoms with E-state index in [0.29, 0.717) is 10.8 Å². The molecule has 19 heavy (non-hydrogen) atoms. The third-order valence-electron chi connectivity index (χ3n) is 5.82. The Bertz CT molecular complexity index is 479. The molecule has 4 saturated carbocycles. The standard InChI is InChI=1S/C16H24N2O/c1-15-4-11-3-12(5-15)7-16(6-11,9-15)14-13(8-17-2)18-10-19-14/h10-12,17H,3-9H2,1-2H3. The molecule has 4 fully saturated rings. The lowest BCUT2D eigenvalue weighted by Crippen LogP contribution is -2.53. The fourth-order valence-electron chi connectivity index (χ4n) is 5.98. The molecule has 2 unspecified atom stereocenters. The lowest BCUT2D eigenvalue weighted by molar-refractivity contribution is -0.0693. The maximum Gasteiger partial charge on any atom is 0.181 e. The molecule has 4 aliphatic rings. The van der Waals surface area contributed by atoms with Crippen molar-refractivity contribution >= 4 is 0 Å². The van der Waals surface area contributed by atoms with Crippen LogP contribution in [0.4, 0.5) is 0 Å². The minimum absolute atomic E-state index is 0.307. The number of nitrogens with zero attached hydrogens (tertiary/aromatic N) is 1. The average molecular weight is 260 g/mol. The molecule has 0 radical (unpaired) electrons. The molecule has 2 atom stereocenters. The Morgan fingerprint density at radius 3 is 2.68 bits per heavy atom. The van der Waals surface area contributed by atoms with Crippen LogP contribution in [0.2, 0.25) is 0 Å². The van der Waals surface area contributed by atoms with E-state index in [1.165, 1.54) is 44.3 Å². The van der Waals surface area contributed by atoms with Gasteiger partial charge in [-0.05, 0) is 62.8 Å². The molecule has 0 aliphatic heterocycles. The van der Waals surface area contributed by atoms with Crippen molar-refractivity contribution in [3.8, 4) is 0 Å². The summed E-state index contributed by atoms with van der Waals surface area (Å²) in [6.45, 7) is 3.34. The van der Waals surface area contributed by atoms with Crippen molar-refractivity contribution in [2.45, 2.75) is 57.4 Å². The highest BCUT2D eigenvalue weighted by atomic mass is 16.3. The predicted molar refractivity (Wildman–Crippen MR) is 73.7 cm³/mol. The van der Waals surface area contributed by atoms with Crippen molar-refractivity contribution in [2.75, 3.05) is 7.05 Å². The second-order valence-corrected chi connectivity index (χ2v) is 7.71. The highest BCUT2D eigenvalue weighted by Gasteiger charge is 2.58. The summed E-state index contributed by atoms with van der Waals surface area (Å²) >= 11 is 0. The van der Waals surface area contributed by atoms with Gasteiger partial charge in [0.05, 0.1) is 5.69 Å². The average Bonchev–Trinajstić information content (AvgIpc) is 2.75. The van der Waals surface area contributed by atoms with E-state index in [-0.39, 0.29) is 0 Å². The van der Waals surface area contributed by atoms with E-state index >= 15 is 0 Å². The van der Waals surface area contributed by atoms with Crippen molar-refractivity contribution in [1.29, 1.82) is 0 Å². The molecule has 104 valence electrons. The van der Waals surface area contributed by atoms with Crippen LogP contribution < -0.4 is 5.32 Å². The zero-order chi connectivity index (χ0) is 13.1. The Kier molecular flexibility index (Phi) is 2.42. The highest BCUT2D eigenvalue weighted by Crippen LogP contribution is 2.65. The summed E-state index contributed by atoms with van der Waals surface area (Å²) in [5.41, 5.74) is 2.02. The van der Waals surface area contributed by atoms with Gasteiger partial charge in [0.1, 0.15) is 5.76 Å². The highest BCUT2D eigenvalue weighted by molar-refractivity contribution is 5.26. The summed E-state index contributed by atoms with van der Waals surface area (Å²) < 4.78 is 5.90. The van der Waals surface area contributed by atoms with Gasteiger partial charge in [-0.2, -0.15) is 0 Å². The second kappa shape index (κ2) is 3.85. The lowest BCUT2D eigenvalue weighted by atomic mass is 9.44. The van der Waals surface area contributed by atoms with Gasteiger partial charge in [-0.3, -0.25) is 0 Å². The van der Waals surface area contributed by atoms with E-state index in [2.05, 4.69) is 17.2 Å². The van der Waals surface area contributed by atoms with E-state index in [4.69, 9.17) is 4.42 Å². The van der Waals surface area contributed by atoms with E-state index in [9.17, 15) is 0 Å². The van der Waals surface area contributed by atoms with Crippen molar-refractivity contribution in [1.82, 2.24) is 10.3 Å². The molecule has 1 heterocycles. The third-order valence-corrected chi connectivity index (χ3v) is 5.82. The van der Waals surface area contributed by atoms with Crippen LogP contribution >= 0.6 is 0 Å². The van der Waals surface area contributed by atoms with E-state index in [0.717, 1.165) is 24.1 Å². The van der Waals surface area contributed by atoms with Crippen LogP contribution in [0.3, 0.4) is 0 Å². The van der Waals surface area contributed by atoms with Crippen LogP contribution in [-0.4, -0.2) is 12.0 Å². The van der Waals surface area contributed by atoms with Crippen molar-refractivity contribution < 1.29 is 4.42 Å². The Hall–Kier alpha value is -0.830. The first-order valence-corrected chi connectivity index (χ1v) is 7.70. The Labute approximate surface area is 115 Å². The van der Waals surface area contributed by atoms with Crippen LogP contribution in [0, 0.1) is 17.3 Å². The Balaban J connectivity index is 1.75. The molecule has 4 bridgehead atoms. The molecule has 0 spiro atoms. The van der Waals surface area contributed by atoms with Crippen molar-refractivity contribution in [2.24, 2.45) is 17.3 Å². The summed E-state index contributed by atoms with van der Waals surface area (Å²) in [6, 6.07) is 0. The number of oxazole rings is 1. The maximum atomic E-state index is 5.90. The lowest BCUT2D eigenvalue weighted by Gasteiger charge is -2.60. The second-order valence-electron chi connectivity index (χ2n) is 7.71. The van der Waals surface area contributed by atoms with E-state index in [1.54, 1.807) is 6.39 Å². The largest absolute Gasteiger partial charge is 0.448 e. The summed E-state index contributed by atoms with van der Waals surface area (Å²) in [5, 5.41) is 3.23. The Morgan fingerprint density at radius 2 is 2.05 bits per heavy atom. The van der Waals surface area contributed by atoms with Crippen molar-refractivity contribution in [3.63, 3.8) is 0 Å². The fraction of sp³-hybridized carbons (Fsp3) is 0.812. The van der Waals surface area contributed by atoms with Crippen LogP contribution in [-0.2, 0) is 12.0 Å². The van der Waals surface area contributed by atoms with Gasteiger partial charge in [-0.15, -0.1) is 0 Å². The first-order chi connectivity index (χ1) is 9.12. The first kappa shape index (κ1) is 12.0. The maximum absolute atomic E-state index is 5.90. The van der Waals surface area contributed by atoms with Crippen molar-refractivity contribution in [3.05, 3.63) is 17.8 Å². The minimum Gasteiger partial charge on any atom is -0.448 e. The van der Waals surface area contributed by atoms with Gasteiger partial charge in [-0.1, -0.05) is 6.92 Å². The number of nitrogens with one attached hydrogen (secondary N) is 1. The van der Waals surface area contributed by atoms with Gasteiger partial charge in [-0.25, -0.2) is 4.98 Å². The van der Waals surface area contributed by atoms with Gasteiger partial charge < -0.3 is 9.73 Å². The molecule has 0 saturated heterocycles. The number of hydrogen-bond acceptors (Lipinski definition) is 3. The van der Waals surface area contributed by atoms with Crippen LogP contribution in [0.15, 0.2) is 10.8 Å². The zero-order valence-electron chi connectivity index (χ0n) is 12.0. The normalized spacial score (nSPS) is 43.9. The van der Waals surface area contributed by atoms with Crippen LogP contribution in [0.1, 0.15) is 56.9 Å². The van der Waals surface area contributed by atoms with E-state index in [1.807, 2.05) is 7.05 Å². The van der Waals surface area contributed by atoms with Gasteiger partial charge in [0.25, 0.3) is 0 Å². The third kappa shape index (κ3) is 1.70. The molecule has 4 aliphatic carbocycles. The summed E-state index contributed by atoms with van der Waals surface area (Å²) in [7, 11) is 1.99. The fourth-order valence-corrected chi connectivity index (χ4v) is 5.98. The molecule has 0 aromatic carbocycles. The molecule has 1 N–H and O–H groups in total. The topological polar surface area (TPSA) is 38.1 Å². The molecular formula is C16H24N2O.